The molecule has 0 saturated carbocycles. The maximum Gasteiger partial charge on any atom is 0.321 e. The number of rotatable bonds is 5. The van der Waals surface area contributed by atoms with E-state index < -0.39 is 5.97 Å². The van der Waals surface area contributed by atoms with Crippen LogP contribution in [0.15, 0.2) is 0 Å². The molecule has 0 aliphatic carbocycles. The number of likely N-dealkylation sites (tertiary alicyclic amines) is 1. The van der Waals surface area contributed by atoms with Crippen LogP contribution in [0.5, 0.6) is 0 Å². The van der Waals surface area contributed by atoms with Crippen LogP contribution < -0.4 is 0 Å². The van der Waals surface area contributed by atoms with Gasteiger partial charge in [0.1, 0.15) is 6.04 Å². The molecule has 0 aromatic carbocycles. The first-order chi connectivity index (χ1) is 7.43. The van der Waals surface area contributed by atoms with Gasteiger partial charge in [0.25, 0.3) is 0 Å². The third-order valence-corrected chi connectivity index (χ3v) is 3.72. The molecule has 0 radical (unpaired) electrons. The standard InChI is InChI=1S/C13H25NO2/c1-9(2)5-6-11(4)14-8-7-10(3)12(14)13(15)16/h9-12H,5-8H2,1-4H3,(H,15,16). The molecule has 0 amide bonds. The quantitative estimate of drug-likeness (QED) is 0.785. The second kappa shape index (κ2) is 5.67. The van der Waals surface area contributed by atoms with Crippen molar-refractivity contribution in [2.24, 2.45) is 11.8 Å². The van der Waals surface area contributed by atoms with E-state index in [0.717, 1.165) is 19.4 Å². The average Bonchev–Trinajstić information content (AvgIpc) is 2.56. The Morgan fingerprint density at radius 3 is 2.50 bits per heavy atom. The van der Waals surface area contributed by atoms with E-state index in [4.69, 9.17) is 0 Å². The smallest absolute Gasteiger partial charge is 0.321 e. The van der Waals surface area contributed by atoms with Gasteiger partial charge in [0.05, 0.1) is 0 Å². The summed E-state index contributed by atoms with van der Waals surface area (Å²) in [5.74, 6) is 0.339. The van der Waals surface area contributed by atoms with E-state index in [1.54, 1.807) is 0 Å². The second-order valence-electron chi connectivity index (χ2n) is 5.61. The zero-order valence-corrected chi connectivity index (χ0v) is 10.9. The van der Waals surface area contributed by atoms with Crippen molar-refractivity contribution in [1.82, 2.24) is 4.90 Å². The van der Waals surface area contributed by atoms with Crippen molar-refractivity contribution >= 4 is 5.97 Å². The molecule has 3 atom stereocenters. The molecule has 1 fully saturated rings. The highest BCUT2D eigenvalue weighted by Gasteiger charge is 2.38. The van der Waals surface area contributed by atoms with Gasteiger partial charge >= 0.3 is 5.97 Å². The SMILES string of the molecule is CC(C)CCC(C)N1CCC(C)C1C(=O)O. The number of aliphatic carboxylic acids is 1. The summed E-state index contributed by atoms with van der Waals surface area (Å²) in [5, 5.41) is 9.24. The number of hydrogen-bond donors (Lipinski definition) is 1. The molecule has 1 aliphatic heterocycles. The third kappa shape index (κ3) is 3.21. The lowest BCUT2D eigenvalue weighted by atomic mass is 10.0. The Labute approximate surface area is 98.8 Å². The van der Waals surface area contributed by atoms with Crippen molar-refractivity contribution in [3.05, 3.63) is 0 Å². The first-order valence-corrected chi connectivity index (χ1v) is 6.42. The first-order valence-electron chi connectivity index (χ1n) is 6.42. The molecule has 0 aromatic heterocycles. The number of nitrogens with zero attached hydrogens (tertiary/aromatic N) is 1. The van der Waals surface area contributed by atoms with E-state index in [0.29, 0.717) is 17.9 Å². The van der Waals surface area contributed by atoms with Crippen LogP contribution in [0.1, 0.15) is 47.0 Å². The Balaban J connectivity index is 2.54. The molecule has 1 N–H and O–H groups in total. The van der Waals surface area contributed by atoms with Gasteiger partial charge in [-0.05, 0) is 44.6 Å². The van der Waals surface area contributed by atoms with E-state index in [2.05, 4.69) is 25.7 Å². The molecule has 0 bridgehead atoms. The fourth-order valence-corrected chi connectivity index (χ4v) is 2.60. The maximum absolute atomic E-state index is 11.2. The van der Waals surface area contributed by atoms with Gasteiger partial charge in [-0.25, -0.2) is 0 Å². The predicted molar refractivity (Wildman–Crippen MR) is 65.4 cm³/mol. The van der Waals surface area contributed by atoms with Gasteiger partial charge in [-0.1, -0.05) is 20.8 Å². The summed E-state index contributed by atoms with van der Waals surface area (Å²) < 4.78 is 0. The summed E-state index contributed by atoms with van der Waals surface area (Å²) in [6, 6.07) is 0.135. The number of hydrogen-bond acceptors (Lipinski definition) is 2. The van der Waals surface area contributed by atoms with Crippen LogP contribution in [0.25, 0.3) is 0 Å². The highest BCUT2D eigenvalue weighted by molar-refractivity contribution is 5.74. The molecular weight excluding hydrogens is 202 g/mol. The first kappa shape index (κ1) is 13.5. The Kier molecular flexibility index (Phi) is 4.78. The van der Waals surface area contributed by atoms with Crippen LogP contribution in [-0.4, -0.2) is 34.6 Å². The molecule has 3 heteroatoms. The van der Waals surface area contributed by atoms with Gasteiger partial charge in [0.2, 0.25) is 0 Å². The molecule has 1 rings (SSSR count). The van der Waals surface area contributed by atoms with Crippen LogP contribution in [0.4, 0.5) is 0 Å². The summed E-state index contributed by atoms with van der Waals surface area (Å²) >= 11 is 0. The lowest BCUT2D eigenvalue weighted by Crippen LogP contribution is -2.44. The zero-order valence-electron chi connectivity index (χ0n) is 10.9. The highest BCUT2D eigenvalue weighted by Crippen LogP contribution is 2.28. The molecule has 3 unspecified atom stereocenters. The van der Waals surface area contributed by atoms with Gasteiger partial charge < -0.3 is 5.11 Å². The topological polar surface area (TPSA) is 40.5 Å². The van der Waals surface area contributed by atoms with E-state index in [9.17, 15) is 9.90 Å². The van der Waals surface area contributed by atoms with Gasteiger partial charge in [-0.2, -0.15) is 0 Å². The Bertz CT molecular complexity index is 240. The monoisotopic (exact) mass is 227 g/mol. The molecule has 0 aromatic rings. The molecule has 1 saturated heterocycles. The normalized spacial score (nSPS) is 28.6. The van der Waals surface area contributed by atoms with E-state index in [1.165, 1.54) is 6.42 Å². The van der Waals surface area contributed by atoms with Crippen LogP contribution >= 0.6 is 0 Å². The second-order valence-corrected chi connectivity index (χ2v) is 5.61. The molecule has 0 spiro atoms. The highest BCUT2D eigenvalue weighted by atomic mass is 16.4. The minimum Gasteiger partial charge on any atom is -0.480 e. The Morgan fingerprint density at radius 2 is 2.00 bits per heavy atom. The Morgan fingerprint density at radius 1 is 1.38 bits per heavy atom. The molecular formula is C13H25NO2. The number of carboxylic acids is 1. The van der Waals surface area contributed by atoms with Gasteiger partial charge in [0, 0.05) is 6.04 Å². The fraction of sp³-hybridized carbons (Fsp3) is 0.923. The molecule has 1 heterocycles. The minimum absolute atomic E-state index is 0.262. The summed E-state index contributed by atoms with van der Waals surface area (Å²) in [6.07, 6.45) is 3.30. The van der Waals surface area contributed by atoms with Crippen LogP contribution in [0, 0.1) is 11.8 Å². The number of carbonyl (C=O) groups is 1. The maximum atomic E-state index is 11.2. The van der Waals surface area contributed by atoms with Crippen molar-refractivity contribution in [3.8, 4) is 0 Å². The van der Waals surface area contributed by atoms with Crippen molar-refractivity contribution in [2.45, 2.75) is 59.0 Å². The lowest BCUT2D eigenvalue weighted by Gasteiger charge is -2.30. The van der Waals surface area contributed by atoms with Gasteiger partial charge in [-0.15, -0.1) is 0 Å². The zero-order chi connectivity index (χ0) is 12.3. The fourth-order valence-electron chi connectivity index (χ4n) is 2.60. The van der Waals surface area contributed by atoms with Crippen LogP contribution in [-0.2, 0) is 4.79 Å². The minimum atomic E-state index is -0.651. The summed E-state index contributed by atoms with van der Waals surface area (Å²) in [4.78, 5) is 13.4. The van der Waals surface area contributed by atoms with Crippen molar-refractivity contribution in [1.29, 1.82) is 0 Å². The average molecular weight is 227 g/mol. The van der Waals surface area contributed by atoms with Crippen LogP contribution in [0.2, 0.25) is 0 Å². The van der Waals surface area contributed by atoms with Crippen molar-refractivity contribution in [2.75, 3.05) is 6.54 Å². The molecule has 3 nitrogen and oxygen atoms in total. The van der Waals surface area contributed by atoms with Crippen molar-refractivity contribution < 1.29 is 9.90 Å². The predicted octanol–water partition coefficient (Wildman–Crippen LogP) is 2.61. The summed E-state index contributed by atoms with van der Waals surface area (Å²) in [5.41, 5.74) is 0. The van der Waals surface area contributed by atoms with Gasteiger partial charge in [-0.3, -0.25) is 9.69 Å². The Hall–Kier alpha value is -0.570. The van der Waals surface area contributed by atoms with Crippen molar-refractivity contribution in [3.63, 3.8) is 0 Å². The van der Waals surface area contributed by atoms with E-state index >= 15 is 0 Å². The summed E-state index contributed by atoms with van der Waals surface area (Å²) in [6.45, 7) is 9.59. The van der Waals surface area contributed by atoms with Gasteiger partial charge in [0.15, 0.2) is 0 Å². The van der Waals surface area contributed by atoms with E-state index in [1.807, 2.05) is 6.92 Å². The van der Waals surface area contributed by atoms with E-state index in [-0.39, 0.29) is 6.04 Å². The molecule has 94 valence electrons. The van der Waals surface area contributed by atoms with Crippen LogP contribution in [0.3, 0.4) is 0 Å². The largest absolute Gasteiger partial charge is 0.480 e. The summed E-state index contributed by atoms with van der Waals surface area (Å²) in [7, 11) is 0. The third-order valence-electron chi connectivity index (χ3n) is 3.72. The molecule has 16 heavy (non-hydrogen) atoms. The lowest BCUT2D eigenvalue weighted by molar-refractivity contribution is -0.144. The number of carboxylic acid groups (broad SMARTS) is 1. The molecule has 1 aliphatic rings.